The average molecular weight is 337 g/mol. The summed E-state index contributed by atoms with van der Waals surface area (Å²) in [5.74, 6) is -0.824. The van der Waals surface area contributed by atoms with Gasteiger partial charge in [-0.25, -0.2) is 4.39 Å². The maximum atomic E-state index is 13.3. The monoisotopic (exact) mass is 336 g/mol. The minimum Gasteiger partial charge on any atom is -0.370 e. The third-order valence-electron chi connectivity index (χ3n) is 2.94. The quantitative estimate of drug-likeness (QED) is 0.897. The molecular weight excluding hydrogens is 323 g/mol. The fraction of sp³-hybridized carbons (Fsp3) is 0.133. The van der Waals surface area contributed by atoms with E-state index < -0.39 is 11.9 Å². The van der Waals surface area contributed by atoms with Crippen LogP contribution in [0.4, 0.5) is 10.1 Å². The first kappa shape index (κ1) is 14.5. The average Bonchev–Trinajstić information content (AvgIpc) is 2.39. The summed E-state index contributed by atoms with van der Waals surface area (Å²) < 4.78 is 14.2. The summed E-state index contributed by atoms with van der Waals surface area (Å²) in [4.78, 5) is 11.6. The van der Waals surface area contributed by atoms with Crippen LogP contribution in [0.2, 0.25) is 0 Å². The molecule has 0 aliphatic carbocycles. The number of carbonyl (C=O) groups is 1. The van der Waals surface area contributed by atoms with Gasteiger partial charge in [0.2, 0.25) is 5.91 Å². The molecule has 1 unspecified atom stereocenters. The van der Waals surface area contributed by atoms with Crippen molar-refractivity contribution in [2.45, 2.75) is 13.0 Å². The first-order valence-electron chi connectivity index (χ1n) is 6.05. The summed E-state index contributed by atoms with van der Waals surface area (Å²) in [7, 11) is 0. The maximum absolute atomic E-state index is 13.3. The second-order valence-electron chi connectivity index (χ2n) is 4.50. The molecule has 3 nitrogen and oxygen atoms in total. The smallest absolute Gasteiger partial charge is 0.244 e. The Kier molecular flexibility index (Phi) is 4.39. The highest BCUT2D eigenvalue weighted by molar-refractivity contribution is 9.10. The number of carbonyl (C=O) groups excluding carboxylic acids is 1. The van der Waals surface area contributed by atoms with Gasteiger partial charge < -0.3 is 11.1 Å². The second-order valence-corrected chi connectivity index (χ2v) is 5.41. The Morgan fingerprint density at radius 3 is 2.65 bits per heavy atom. The number of primary amides is 1. The van der Waals surface area contributed by atoms with E-state index in [9.17, 15) is 9.18 Å². The predicted molar refractivity (Wildman–Crippen MR) is 80.8 cm³/mol. The topological polar surface area (TPSA) is 55.1 Å². The lowest BCUT2D eigenvalue weighted by atomic mass is 10.0. The van der Waals surface area contributed by atoms with Gasteiger partial charge in [0.25, 0.3) is 0 Å². The van der Waals surface area contributed by atoms with Crippen molar-refractivity contribution in [1.29, 1.82) is 0 Å². The third kappa shape index (κ3) is 3.36. The largest absolute Gasteiger partial charge is 0.370 e. The molecule has 5 heteroatoms. The third-order valence-corrected chi connectivity index (χ3v) is 3.43. The summed E-state index contributed by atoms with van der Waals surface area (Å²) >= 11 is 3.36. The van der Waals surface area contributed by atoms with Gasteiger partial charge in [-0.05, 0) is 42.3 Å². The van der Waals surface area contributed by atoms with Gasteiger partial charge in [-0.1, -0.05) is 34.1 Å². The van der Waals surface area contributed by atoms with E-state index in [-0.39, 0.29) is 5.82 Å². The van der Waals surface area contributed by atoms with Crippen LogP contribution in [0.25, 0.3) is 0 Å². The molecule has 1 atom stereocenters. The zero-order valence-electron chi connectivity index (χ0n) is 10.9. The van der Waals surface area contributed by atoms with Crippen LogP contribution in [0.3, 0.4) is 0 Å². The number of hydrogen-bond acceptors (Lipinski definition) is 2. The second kappa shape index (κ2) is 6.05. The van der Waals surface area contributed by atoms with E-state index >= 15 is 0 Å². The number of nitrogens with two attached hydrogens (primary N) is 1. The minimum absolute atomic E-state index is 0.306. The van der Waals surface area contributed by atoms with Crippen molar-refractivity contribution in [3.63, 3.8) is 0 Å². The molecule has 2 rings (SSSR count). The van der Waals surface area contributed by atoms with E-state index in [2.05, 4.69) is 21.2 Å². The molecule has 0 saturated carbocycles. The van der Waals surface area contributed by atoms with Gasteiger partial charge in [-0.15, -0.1) is 0 Å². The fourth-order valence-electron chi connectivity index (χ4n) is 1.91. The fourth-order valence-corrected chi connectivity index (χ4v) is 2.31. The Balaban J connectivity index is 2.32. The summed E-state index contributed by atoms with van der Waals surface area (Å²) in [6, 6.07) is 11.2. The van der Waals surface area contributed by atoms with Crippen LogP contribution in [0.5, 0.6) is 0 Å². The zero-order chi connectivity index (χ0) is 14.7. The number of anilines is 1. The molecular formula is C15H14BrFN2O. The Labute approximate surface area is 125 Å². The van der Waals surface area contributed by atoms with Crippen molar-refractivity contribution in [2.75, 3.05) is 5.32 Å². The number of rotatable bonds is 4. The standard InChI is InChI=1S/C15H14BrFN2O/c1-9-7-10(5-6-13(9)17)14(15(18)20)19-12-4-2-3-11(16)8-12/h2-8,14,19H,1H3,(H2,18,20). The Morgan fingerprint density at radius 2 is 2.05 bits per heavy atom. The molecule has 0 radical (unpaired) electrons. The number of benzene rings is 2. The molecule has 2 aromatic carbocycles. The van der Waals surface area contributed by atoms with Crippen molar-refractivity contribution in [1.82, 2.24) is 0 Å². The molecule has 1 amide bonds. The number of hydrogen-bond donors (Lipinski definition) is 2. The van der Waals surface area contributed by atoms with Crippen molar-refractivity contribution in [2.24, 2.45) is 5.73 Å². The molecule has 104 valence electrons. The van der Waals surface area contributed by atoms with Gasteiger partial charge in [0.15, 0.2) is 0 Å². The molecule has 0 spiro atoms. The van der Waals surface area contributed by atoms with E-state index in [4.69, 9.17) is 5.73 Å². The lowest BCUT2D eigenvalue weighted by molar-refractivity contribution is -0.118. The normalized spacial score (nSPS) is 11.9. The highest BCUT2D eigenvalue weighted by atomic mass is 79.9. The van der Waals surface area contributed by atoms with Gasteiger partial charge in [0, 0.05) is 10.2 Å². The van der Waals surface area contributed by atoms with Crippen LogP contribution < -0.4 is 11.1 Å². The van der Waals surface area contributed by atoms with E-state index in [0.29, 0.717) is 11.1 Å². The molecule has 0 heterocycles. The zero-order valence-corrected chi connectivity index (χ0v) is 12.4. The van der Waals surface area contributed by atoms with Crippen LogP contribution in [0.1, 0.15) is 17.2 Å². The molecule has 0 saturated heterocycles. The van der Waals surface area contributed by atoms with Crippen molar-refractivity contribution >= 4 is 27.5 Å². The van der Waals surface area contributed by atoms with E-state index in [1.807, 2.05) is 24.3 Å². The first-order chi connectivity index (χ1) is 9.47. The SMILES string of the molecule is Cc1cc(C(Nc2cccc(Br)c2)C(N)=O)ccc1F. The Hall–Kier alpha value is -1.88. The lowest BCUT2D eigenvalue weighted by Crippen LogP contribution is -2.27. The Morgan fingerprint density at radius 1 is 1.30 bits per heavy atom. The molecule has 2 aromatic rings. The van der Waals surface area contributed by atoms with E-state index in [1.165, 1.54) is 6.07 Å². The Bertz CT molecular complexity index is 646. The van der Waals surface area contributed by atoms with Gasteiger partial charge in [0.05, 0.1) is 0 Å². The molecule has 20 heavy (non-hydrogen) atoms. The summed E-state index contributed by atoms with van der Waals surface area (Å²) in [5, 5.41) is 3.06. The molecule has 0 aromatic heterocycles. The predicted octanol–water partition coefficient (Wildman–Crippen LogP) is 3.54. The molecule has 0 bridgehead atoms. The molecule has 0 aliphatic rings. The van der Waals surface area contributed by atoms with Crippen LogP contribution in [-0.4, -0.2) is 5.91 Å². The summed E-state index contributed by atoms with van der Waals surface area (Å²) in [6.45, 7) is 1.65. The highest BCUT2D eigenvalue weighted by Gasteiger charge is 2.18. The molecule has 0 aliphatic heterocycles. The molecule has 0 fully saturated rings. The summed E-state index contributed by atoms with van der Waals surface area (Å²) in [5.41, 5.74) is 7.30. The van der Waals surface area contributed by atoms with Gasteiger partial charge >= 0.3 is 0 Å². The van der Waals surface area contributed by atoms with Crippen LogP contribution >= 0.6 is 15.9 Å². The van der Waals surface area contributed by atoms with Gasteiger partial charge in [-0.3, -0.25) is 4.79 Å². The van der Waals surface area contributed by atoms with Crippen LogP contribution in [0, 0.1) is 12.7 Å². The van der Waals surface area contributed by atoms with E-state index in [1.54, 1.807) is 19.1 Å². The van der Waals surface area contributed by atoms with E-state index in [0.717, 1.165) is 10.2 Å². The van der Waals surface area contributed by atoms with Crippen molar-refractivity contribution in [3.05, 3.63) is 63.9 Å². The molecule has 3 N–H and O–H groups in total. The number of aryl methyl sites for hydroxylation is 1. The van der Waals surface area contributed by atoms with Crippen molar-refractivity contribution in [3.8, 4) is 0 Å². The van der Waals surface area contributed by atoms with Gasteiger partial charge in [0.1, 0.15) is 11.9 Å². The van der Waals surface area contributed by atoms with Gasteiger partial charge in [-0.2, -0.15) is 0 Å². The lowest BCUT2D eigenvalue weighted by Gasteiger charge is -2.18. The van der Waals surface area contributed by atoms with Crippen LogP contribution in [-0.2, 0) is 4.79 Å². The number of halogens is 2. The summed E-state index contributed by atoms with van der Waals surface area (Å²) in [6.07, 6.45) is 0. The highest BCUT2D eigenvalue weighted by Crippen LogP contribution is 2.23. The number of amides is 1. The maximum Gasteiger partial charge on any atom is 0.244 e. The van der Waals surface area contributed by atoms with Crippen LogP contribution in [0.15, 0.2) is 46.9 Å². The van der Waals surface area contributed by atoms with Crippen molar-refractivity contribution < 1.29 is 9.18 Å². The first-order valence-corrected chi connectivity index (χ1v) is 6.84. The minimum atomic E-state index is -0.705. The number of nitrogens with one attached hydrogen (secondary N) is 1.